The van der Waals surface area contributed by atoms with E-state index in [9.17, 15) is 4.79 Å². The van der Waals surface area contributed by atoms with Crippen molar-refractivity contribution in [2.24, 2.45) is 0 Å². The summed E-state index contributed by atoms with van der Waals surface area (Å²) >= 11 is 0. The molecule has 18 heavy (non-hydrogen) atoms. The summed E-state index contributed by atoms with van der Waals surface area (Å²) in [5.74, 6) is 0. The number of carbonyl (C=O) groups is 1. The number of nitrogens with zero attached hydrogens (tertiary/aromatic N) is 2. The molecule has 0 aromatic carbocycles. The molecule has 1 N–H and O–H groups in total. The third-order valence-electron chi connectivity index (χ3n) is 2.39. The van der Waals surface area contributed by atoms with Crippen molar-refractivity contribution in [3.05, 3.63) is 18.2 Å². The summed E-state index contributed by atoms with van der Waals surface area (Å²) in [5.41, 5.74) is 0.510. The van der Waals surface area contributed by atoms with E-state index < -0.39 is 11.7 Å². The zero-order chi connectivity index (χ0) is 13.8. The maximum absolute atomic E-state index is 11.7. The third-order valence-corrected chi connectivity index (χ3v) is 2.39. The lowest BCUT2D eigenvalue weighted by atomic mass is 10.2. The first kappa shape index (κ1) is 14.5. The molecule has 1 rings (SSSR count). The van der Waals surface area contributed by atoms with E-state index in [0.717, 1.165) is 18.7 Å². The number of amides is 1. The van der Waals surface area contributed by atoms with E-state index >= 15 is 0 Å². The molecule has 0 radical (unpaired) electrons. The molecule has 0 unspecified atom stereocenters. The number of hydrogen-bond acceptors (Lipinski definition) is 3. The van der Waals surface area contributed by atoms with Crippen LogP contribution in [-0.4, -0.2) is 21.2 Å². The highest BCUT2D eigenvalue weighted by atomic mass is 16.6. The van der Waals surface area contributed by atoms with Crippen molar-refractivity contribution in [3.63, 3.8) is 0 Å². The van der Waals surface area contributed by atoms with E-state index in [1.807, 2.05) is 32.3 Å². The average molecular weight is 253 g/mol. The van der Waals surface area contributed by atoms with Gasteiger partial charge in [0, 0.05) is 6.54 Å². The van der Waals surface area contributed by atoms with Crippen molar-refractivity contribution >= 4 is 6.09 Å². The van der Waals surface area contributed by atoms with Crippen LogP contribution in [0.15, 0.2) is 12.5 Å². The lowest BCUT2D eigenvalue weighted by Gasteiger charge is -2.22. The zero-order valence-corrected chi connectivity index (χ0v) is 11.9. The van der Waals surface area contributed by atoms with Gasteiger partial charge in [-0.1, -0.05) is 6.92 Å². The first-order valence-corrected chi connectivity index (χ1v) is 6.33. The molecule has 0 aliphatic heterocycles. The lowest BCUT2D eigenvalue weighted by molar-refractivity contribution is 0.0506. The number of hydrogen-bond donors (Lipinski definition) is 1. The minimum absolute atomic E-state index is 0.117. The molecule has 0 aliphatic carbocycles. The number of rotatable bonds is 4. The summed E-state index contributed by atoms with van der Waals surface area (Å²) in [4.78, 5) is 15.8. The first-order valence-electron chi connectivity index (χ1n) is 6.33. The van der Waals surface area contributed by atoms with Crippen molar-refractivity contribution in [3.8, 4) is 0 Å². The van der Waals surface area contributed by atoms with Crippen molar-refractivity contribution in [1.82, 2.24) is 14.9 Å². The van der Waals surface area contributed by atoms with Gasteiger partial charge in [0.1, 0.15) is 5.60 Å². The van der Waals surface area contributed by atoms with Gasteiger partial charge in [0.15, 0.2) is 0 Å². The summed E-state index contributed by atoms with van der Waals surface area (Å²) in [6, 6.07) is -0.117. The first-order chi connectivity index (χ1) is 8.33. The third kappa shape index (κ3) is 4.39. The summed E-state index contributed by atoms with van der Waals surface area (Å²) < 4.78 is 7.27. The normalized spacial score (nSPS) is 13.2. The number of carbonyl (C=O) groups excluding carboxylic acids is 1. The summed E-state index contributed by atoms with van der Waals surface area (Å²) in [6.45, 7) is 10.5. The van der Waals surface area contributed by atoms with E-state index in [1.54, 1.807) is 12.5 Å². The Bertz CT molecular complexity index is 393. The van der Waals surface area contributed by atoms with Crippen LogP contribution < -0.4 is 5.32 Å². The molecule has 1 atom stereocenters. The van der Waals surface area contributed by atoms with Crippen molar-refractivity contribution < 1.29 is 9.53 Å². The summed E-state index contributed by atoms with van der Waals surface area (Å²) in [6.07, 6.45) is 4.19. The van der Waals surface area contributed by atoms with Crippen LogP contribution in [0.25, 0.3) is 0 Å². The summed E-state index contributed by atoms with van der Waals surface area (Å²) in [5, 5.41) is 2.82. The minimum Gasteiger partial charge on any atom is -0.444 e. The molecular weight excluding hydrogens is 230 g/mol. The van der Waals surface area contributed by atoms with Crippen molar-refractivity contribution in [2.75, 3.05) is 0 Å². The predicted molar refractivity (Wildman–Crippen MR) is 70.3 cm³/mol. The fraction of sp³-hybridized carbons (Fsp3) is 0.692. The molecule has 1 aromatic rings. The maximum atomic E-state index is 11.7. The lowest BCUT2D eigenvalue weighted by Crippen LogP contribution is -2.34. The van der Waals surface area contributed by atoms with Gasteiger partial charge < -0.3 is 14.6 Å². The van der Waals surface area contributed by atoms with Crippen molar-refractivity contribution in [1.29, 1.82) is 0 Å². The predicted octanol–water partition coefficient (Wildman–Crippen LogP) is 2.88. The Labute approximate surface area is 109 Å². The van der Waals surface area contributed by atoms with Gasteiger partial charge in [-0.2, -0.15) is 0 Å². The van der Waals surface area contributed by atoms with Crippen LogP contribution in [0.2, 0.25) is 0 Å². The number of nitrogens with one attached hydrogen (secondary N) is 1. The largest absolute Gasteiger partial charge is 0.444 e. The number of imidazole rings is 1. The molecule has 5 nitrogen and oxygen atoms in total. The Balaban J connectivity index is 2.62. The van der Waals surface area contributed by atoms with Gasteiger partial charge in [-0.15, -0.1) is 0 Å². The highest BCUT2D eigenvalue weighted by molar-refractivity contribution is 5.68. The molecule has 0 spiro atoms. The molecule has 102 valence electrons. The maximum Gasteiger partial charge on any atom is 0.408 e. The molecule has 1 heterocycles. The molecule has 1 aromatic heterocycles. The van der Waals surface area contributed by atoms with Crippen molar-refractivity contribution in [2.45, 2.75) is 59.2 Å². The Morgan fingerprint density at radius 2 is 2.22 bits per heavy atom. The average Bonchev–Trinajstić information content (AvgIpc) is 2.63. The van der Waals surface area contributed by atoms with Gasteiger partial charge in [0.2, 0.25) is 0 Å². The van der Waals surface area contributed by atoms with Crippen LogP contribution >= 0.6 is 0 Å². The SMILES string of the molecule is CCCn1cncc1[C@@H](C)NC(=O)OC(C)(C)C. The highest BCUT2D eigenvalue weighted by Gasteiger charge is 2.19. The van der Waals surface area contributed by atoms with E-state index in [4.69, 9.17) is 4.74 Å². The minimum atomic E-state index is -0.479. The fourth-order valence-electron chi connectivity index (χ4n) is 1.68. The topological polar surface area (TPSA) is 56.2 Å². The van der Waals surface area contributed by atoms with Crippen LogP contribution in [0.1, 0.15) is 52.8 Å². The molecule has 5 heteroatoms. The quantitative estimate of drug-likeness (QED) is 0.897. The Morgan fingerprint density at radius 3 is 2.78 bits per heavy atom. The number of aromatic nitrogens is 2. The second-order valence-corrected chi connectivity index (χ2v) is 5.38. The summed E-state index contributed by atoms with van der Waals surface area (Å²) in [7, 11) is 0. The molecule has 0 saturated carbocycles. The Hall–Kier alpha value is -1.52. The van der Waals surface area contributed by atoms with Crippen LogP contribution in [0, 0.1) is 0 Å². The second kappa shape index (κ2) is 5.89. The van der Waals surface area contributed by atoms with Gasteiger partial charge in [0.25, 0.3) is 0 Å². The number of alkyl carbamates (subject to hydrolysis) is 1. The van der Waals surface area contributed by atoms with Gasteiger partial charge >= 0.3 is 6.09 Å². The van der Waals surface area contributed by atoms with Gasteiger partial charge in [0.05, 0.1) is 24.3 Å². The fourth-order valence-corrected chi connectivity index (χ4v) is 1.68. The van der Waals surface area contributed by atoms with E-state index in [2.05, 4.69) is 17.2 Å². The molecule has 0 saturated heterocycles. The molecule has 0 fully saturated rings. The molecular formula is C13H23N3O2. The van der Waals surface area contributed by atoms with Gasteiger partial charge in [-0.05, 0) is 34.1 Å². The second-order valence-electron chi connectivity index (χ2n) is 5.38. The van der Waals surface area contributed by atoms with Crippen LogP contribution in [-0.2, 0) is 11.3 Å². The van der Waals surface area contributed by atoms with Crippen LogP contribution in [0.4, 0.5) is 4.79 Å². The Kier molecular flexibility index (Phi) is 4.76. The molecule has 0 bridgehead atoms. The molecule has 0 aliphatic rings. The van der Waals surface area contributed by atoms with Gasteiger partial charge in [-0.25, -0.2) is 9.78 Å². The van der Waals surface area contributed by atoms with E-state index in [0.29, 0.717) is 0 Å². The standard InChI is InChI=1S/C13H23N3O2/c1-6-7-16-9-14-8-11(16)10(2)15-12(17)18-13(3,4)5/h8-10H,6-7H2,1-5H3,(H,15,17)/t10-/m1/s1. The smallest absolute Gasteiger partial charge is 0.408 e. The molecule has 1 amide bonds. The van der Waals surface area contributed by atoms with Crippen LogP contribution in [0.5, 0.6) is 0 Å². The highest BCUT2D eigenvalue weighted by Crippen LogP contribution is 2.14. The number of aryl methyl sites for hydroxylation is 1. The Morgan fingerprint density at radius 1 is 1.56 bits per heavy atom. The van der Waals surface area contributed by atoms with E-state index in [1.165, 1.54) is 0 Å². The monoisotopic (exact) mass is 253 g/mol. The van der Waals surface area contributed by atoms with E-state index in [-0.39, 0.29) is 6.04 Å². The number of ether oxygens (including phenoxy) is 1. The van der Waals surface area contributed by atoms with Gasteiger partial charge in [-0.3, -0.25) is 0 Å². The van der Waals surface area contributed by atoms with Crippen LogP contribution in [0.3, 0.4) is 0 Å². The zero-order valence-electron chi connectivity index (χ0n) is 11.9.